The van der Waals surface area contributed by atoms with Crippen LogP contribution >= 0.6 is 23.4 Å². The van der Waals surface area contributed by atoms with Gasteiger partial charge in [0, 0.05) is 10.8 Å². The van der Waals surface area contributed by atoms with Gasteiger partial charge in [-0.25, -0.2) is 18.0 Å². The molecule has 0 amide bonds. The fourth-order valence-electron chi connectivity index (χ4n) is 2.61. The van der Waals surface area contributed by atoms with Gasteiger partial charge in [-0.1, -0.05) is 23.7 Å². The van der Waals surface area contributed by atoms with Crippen molar-refractivity contribution < 1.29 is 31.5 Å². The Bertz CT molecular complexity index is 1030. The number of esters is 1. The van der Waals surface area contributed by atoms with Gasteiger partial charge in [0.15, 0.2) is 17.2 Å². The van der Waals surface area contributed by atoms with Crippen LogP contribution in [0.4, 0.5) is 17.6 Å². The number of benzene rings is 2. The van der Waals surface area contributed by atoms with Gasteiger partial charge in [0.05, 0.1) is 17.7 Å². The first-order chi connectivity index (χ1) is 13.3. The number of hydrogen-bond donors (Lipinski definition) is 0. The van der Waals surface area contributed by atoms with Crippen molar-refractivity contribution in [3.05, 3.63) is 69.4 Å². The molecule has 2 aromatic carbocycles. The fourth-order valence-corrected chi connectivity index (χ4v) is 3.65. The molecule has 28 heavy (non-hydrogen) atoms. The third-order valence-electron chi connectivity index (χ3n) is 3.87. The quantitative estimate of drug-likeness (QED) is 0.200. The highest BCUT2D eigenvalue weighted by Crippen LogP contribution is 2.36. The van der Waals surface area contributed by atoms with E-state index in [4.69, 9.17) is 20.8 Å². The molecule has 0 aliphatic carbocycles. The molecule has 0 aliphatic heterocycles. The Morgan fingerprint density at radius 1 is 1.04 bits per heavy atom. The average Bonchev–Trinajstić information content (AvgIpc) is 3.06. The van der Waals surface area contributed by atoms with Gasteiger partial charge in [-0.3, -0.25) is 0 Å². The first-order valence-corrected chi connectivity index (χ1v) is 9.65. The molecule has 0 saturated carbocycles. The zero-order chi connectivity index (χ0) is 20.4. The molecule has 3 aromatic rings. The first-order valence-electron chi connectivity index (χ1n) is 8.11. The van der Waals surface area contributed by atoms with Crippen LogP contribution in [0.2, 0.25) is 5.02 Å². The highest BCUT2D eigenvalue weighted by atomic mass is 35.5. The highest BCUT2D eigenvalue weighted by Gasteiger charge is 2.31. The maximum Gasteiger partial charge on any atom is 0.342 e. The molecule has 3 rings (SSSR count). The molecule has 0 N–H and O–H groups in total. The Kier molecular flexibility index (Phi) is 6.20. The predicted molar refractivity (Wildman–Crippen MR) is 98.5 cm³/mol. The summed E-state index contributed by atoms with van der Waals surface area (Å²) in [6.45, 7) is 1.48. The Morgan fingerprint density at radius 2 is 1.68 bits per heavy atom. The second kappa shape index (κ2) is 8.45. The van der Waals surface area contributed by atoms with E-state index in [0.29, 0.717) is 10.8 Å². The van der Waals surface area contributed by atoms with Crippen molar-refractivity contribution in [1.29, 1.82) is 0 Å². The monoisotopic (exact) mass is 432 g/mol. The Hall–Kier alpha value is -2.19. The molecular formula is C19H13ClF4O3S. The van der Waals surface area contributed by atoms with Crippen molar-refractivity contribution in [2.45, 2.75) is 18.4 Å². The molecule has 0 radical (unpaired) electrons. The lowest BCUT2D eigenvalue weighted by atomic mass is 10.1. The van der Waals surface area contributed by atoms with Crippen molar-refractivity contribution >= 4 is 40.3 Å². The van der Waals surface area contributed by atoms with E-state index in [1.165, 1.54) is 18.7 Å². The van der Waals surface area contributed by atoms with Crippen LogP contribution in [0, 0.1) is 23.3 Å². The lowest BCUT2D eigenvalue weighted by molar-refractivity contribution is 0.0526. The Balaban J connectivity index is 1.99. The number of carbonyl (C=O) groups excluding carboxylic acids is 1. The molecule has 0 fully saturated rings. The van der Waals surface area contributed by atoms with E-state index in [1.54, 1.807) is 24.3 Å². The second-order valence-corrected chi connectivity index (χ2v) is 7.12. The van der Waals surface area contributed by atoms with E-state index in [9.17, 15) is 22.4 Å². The highest BCUT2D eigenvalue weighted by molar-refractivity contribution is 7.97. The minimum absolute atomic E-state index is 0.0214. The summed E-state index contributed by atoms with van der Waals surface area (Å²) in [5.41, 5.74) is -0.394. The Labute approximate surface area is 166 Å². The van der Waals surface area contributed by atoms with Gasteiger partial charge in [-0.15, -0.1) is 11.8 Å². The summed E-state index contributed by atoms with van der Waals surface area (Å²) in [6, 6.07) is 7.01. The summed E-state index contributed by atoms with van der Waals surface area (Å²) < 4.78 is 65.6. The van der Waals surface area contributed by atoms with Crippen molar-refractivity contribution in [2.75, 3.05) is 6.61 Å². The standard InChI is InChI=1S/C19H13ClF4O3S/c1-2-26-19(25)12-11(8-28-7-9-3-5-10(20)6-4-9)27-18-13(12)14(21)15(22)16(23)17(18)24/h3-6H,2,7-8H2,1H3. The van der Waals surface area contributed by atoms with Crippen LogP contribution in [0.5, 0.6) is 0 Å². The fraction of sp³-hybridized carbons (Fsp3) is 0.211. The van der Waals surface area contributed by atoms with Crippen LogP contribution in [0.25, 0.3) is 11.0 Å². The minimum Gasteiger partial charge on any atom is -0.462 e. The van der Waals surface area contributed by atoms with E-state index >= 15 is 0 Å². The summed E-state index contributed by atoms with van der Waals surface area (Å²) >= 11 is 7.10. The van der Waals surface area contributed by atoms with Crippen LogP contribution in [0.3, 0.4) is 0 Å². The Morgan fingerprint density at radius 3 is 2.32 bits per heavy atom. The van der Waals surface area contributed by atoms with Gasteiger partial charge in [0.1, 0.15) is 11.3 Å². The molecule has 0 saturated heterocycles. The average molecular weight is 433 g/mol. The molecule has 0 unspecified atom stereocenters. The van der Waals surface area contributed by atoms with Gasteiger partial charge in [-0.2, -0.15) is 4.39 Å². The number of fused-ring (bicyclic) bond motifs is 1. The summed E-state index contributed by atoms with van der Waals surface area (Å²) in [6.07, 6.45) is 0. The number of ether oxygens (including phenoxy) is 1. The smallest absolute Gasteiger partial charge is 0.342 e. The molecule has 1 aromatic heterocycles. The molecule has 0 atom stereocenters. The number of carbonyl (C=O) groups is 1. The van der Waals surface area contributed by atoms with Crippen molar-refractivity contribution in [3.63, 3.8) is 0 Å². The van der Waals surface area contributed by atoms with Gasteiger partial charge < -0.3 is 9.15 Å². The van der Waals surface area contributed by atoms with E-state index in [-0.39, 0.29) is 18.1 Å². The zero-order valence-electron chi connectivity index (χ0n) is 14.5. The van der Waals surface area contributed by atoms with Gasteiger partial charge in [0.2, 0.25) is 11.6 Å². The molecule has 0 spiro atoms. The lowest BCUT2D eigenvalue weighted by Crippen LogP contribution is -2.08. The number of furan rings is 1. The second-order valence-electron chi connectivity index (χ2n) is 5.70. The summed E-state index contributed by atoms with van der Waals surface area (Å²) in [5.74, 6) is -8.06. The molecule has 148 valence electrons. The molecule has 0 aliphatic rings. The van der Waals surface area contributed by atoms with Crippen molar-refractivity contribution in [3.8, 4) is 0 Å². The largest absolute Gasteiger partial charge is 0.462 e. The van der Waals surface area contributed by atoms with Gasteiger partial charge in [-0.05, 0) is 24.6 Å². The summed E-state index contributed by atoms with van der Waals surface area (Å²) in [4.78, 5) is 12.3. The molecule has 0 bridgehead atoms. The number of thioether (sulfide) groups is 1. The molecular weight excluding hydrogens is 420 g/mol. The zero-order valence-corrected chi connectivity index (χ0v) is 16.0. The van der Waals surface area contributed by atoms with E-state index < -0.39 is 45.8 Å². The van der Waals surface area contributed by atoms with E-state index in [1.807, 2.05) is 0 Å². The third kappa shape index (κ3) is 3.84. The molecule has 1 heterocycles. The van der Waals surface area contributed by atoms with Crippen molar-refractivity contribution in [1.82, 2.24) is 0 Å². The normalized spacial score (nSPS) is 11.2. The van der Waals surface area contributed by atoms with Crippen molar-refractivity contribution in [2.24, 2.45) is 0 Å². The number of hydrogen-bond acceptors (Lipinski definition) is 4. The predicted octanol–water partition coefficient (Wildman–Crippen LogP) is 6.25. The van der Waals surface area contributed by atoms with Crippen LogP contribution in [-0.2, 0) is 16.2 Å². The van der Waals surface area contributed by atoms with Gasteiger partial charge in [0.25, 0.3) is 0 Å². The van der Waals surface area contributed by atoms with Crippen LogP contribution < -0.4 is 0 Å². The first kappa shape index (κ1) is 20.5. The SMILES string of the molecule is CCOC(=O)c1c(CSCc2ccc(Cl)cc2)oc2c(F)c(F)c(F)c(F)c12. The minimum atomic E-state index is -2.02. The maximum atomic E-state index is 14.3. The van der Waals surface area contributed by atoms with E-state index in [0.717, 1.165) is 5.56 Å². The van der Waals surface area contributed by atoms with E-state index in [2.05, 4.69) is 0 Å². The van der Waals surface area contributed by atoms with Crippen LogP contribution in [0.15, 0.2) is 28.7 Å². The summed E-state index contributed by atoms with van der Waals surface area (Å²) in [7, 11) is 0. The lowest BCUT2D eigenvalue weighted by Gasteiger charge is -2.05. The molecule has 9 heteroatoms. The topological polar surface area (TPSA) is 39.4 Å². The molecule has 3 nitrogen and oxygen atoms in total. The number of halogens is 5. The summed E-state index contributed by atoms with van der Waals surface area (Å²) in [5, 5.41) is -0.192. The van der Waals surface area contributed by atoms with Crippen LogP contribution in [0.1, 0.15) is 28.6 Å². The van der Waals surface area contributed by atoms with Gasteiger partial charge >= 0.3 is 5.97 Å². The third-order valence-corrected chi connectivity index (χ3v) is 5.13. The number of rotatable bonds is 6. The maximum absolute atomic E-state index is 14.3. The van der Waals surface area contributed by atoms with Crippen LogP contribution in [-0.4, -0.2) is 12.6 Å².